The maximum absolute atomic E-state index is 12.0. The topological polar surface area (TPSA) is 26.3 Å². The Bertz CT molecular complexity index is 432. The molecule has 1 aromatic carbocycles. The Hall–Kier alpha value is -1.31. The molecule has 0 radical (unpaired) electrons. The quantitative estimate of drug-likeness (QED) is 0.723. The van der Waals surface area contributed by atoms with Crippen LogP contribution in [0.3, 0.4) is 0 Å². The highest BCUT2D eigenvalue weighted by atomic mass is 16.5. The summed E-state index contributed by atoms with van der Waals surface area (Å²) >= 11 is 0. The second-order valence-corrected chi connectivity index (χ2v) is 5.16. The van der Waals surface area contributed by atoms with Gasteiger partial charge in [-0.15, -0.1) is 0 Å². The molecule has 0 amide bonds. The number of carbonyl (C=O) groups excluding carboxylic acids is 1. The SMILES string of the molecule is COc1ccc2c(c1)C(=O)CC(C)C2(C)C. The largest absolute Gasteiger partial charge is 0.497 e. The third-order valence-electron chi connectivity index (χ3n) is 3.94. The van der Waals surface area contributed by atoms with Crippen LogP contribution in [-0.2, 0) is 5.41 Å². The van der Waals surface area contributed by atoms with E-state index in [1.807, 2.05) is 18.2 Å². The highest BCUT2D eigenvalue weighted by Gasteiger charge is 2.37. The van der Waals surface area contributed by atoms with Crippen LogP contribution >= 0.6 is 0 Å². The Kier molecular flexibility index (Phi) is 2.53. The molecule has 86 valence electrons. The van der Waals surface area contributed by atoms with Crippen LogP contribution in [0.5, 0.6) is 5.75 Å². The van der Waals surface area contributed by atoms with Crippen LogP contribution in [0.25, 0.3) is 0 Å². The molecule has 0 saturated heterocycles. The molecule has 2 rings (SSSR count). The molecule has 2 nitrogen and oxygen atoms in total. The molecule has 0 spiro atoms. The molecular weight excluding hydrogens is 200 g/mol. The van der Waals surface area contributed by atoms with Crippen molar-refractivity contribution < 1.29 is 9.53 Å². The first kappa shape index (κ1) is 11.2. The zero-order valence-electron chi connectivity index (χ0n) is 10.3. The molecule has 1 aromatic rings. The summed E-state index contributed by atoms with van der Waals surface area (Å²) in [6.45, 7) is 6.55. The van der Waals surface area contributed by atoms with Gasteiger partial charge in [0.15, 0.2) is 5.78 Å². The van der Waals surface area contributed by atoms with E-state index in [4.69, 9.17) is 4.74 Å². The fourth-order valence-corrected chi connectivity index (χ4v) is 2.35. The summed E-state index contributed by atoms with van der Waals surface area (Å²) in [4.78, 5) is 12.0. The Morgan fingerprint density at radius 3 is 2.69 bits per heavy atom. The predicted octanol–water partition coefficient (Wildman–Crippen LogP) is 3.20. The molecule has 1 aliphatic carbocycles. The normalized spacial score (nSPS) is 22.8. The van der Waals surface area contributed by atoms with E-state index in [1.165, 1.54) is 0 Å². The van der Waals surface area contributed by atoms with Gasteiger partial charge in [-0.25, -0.2) is 0 Å². The molecule has 2 heteroatoms. The summed E-state index contributed by atoms with van der Waals surface area (Å²) in [7, 11) is 1.63. The number of Topliss-reactive ketones (excluding diaryl/α,β-unsaturated/α-hetero) is 1. The Morgan fingerprint density at radius 2 is 2.06 bits per heavy atom. The van der Waals surface area contributed by atoms with Crippen molar-refractivity contribution in [1.82, 2.24) is 0 Å². The van der Waals surface area contributed by atoms with Gasteiger partial charge in [-0.1, -0.05) is 26.8 Å². The molecule has 0 heterocycles. The van der Waals surface area contributed by atoms with Gasteiger partial charge in [-0.05, 0) is 29.0 Å². The second-order valence-electron chi connectivity index (χ2n) is 5.16. The van der Waals surface area contributed by atoms with Gasteiger partial charge >= 0.3 is 0 Å². The number of ketones is 1. The van der Waals surface area contributed by atoms with Crippen LogP contribution in [0.1, 0.15) is 43.1 Å². The highest BCUT2D eigenvalue weighted by molar-refractivity contribution is 5.99. The number of rotatable bonds is 1. The minimum atomic E-state index is 0.0650. The van der Waals surface area contributed by atoms with E-state index < -0.39 is 0 Å². The zero-order chi connectivity index (χ0) is 11.9. The van der Waals surface area contributed by atoms with Gasteiger partial charge in [-0.2, -0.15) is 0 Å². The monoisotopic (exact) mass is 218 g/mol. The first-order valence-electron chi connectivity index (χ1n) is 5.68. The molecule has 0 fully saturated rings. The molecule has 1 aliphatic rings. The molecular formula is C14H18O2. The van der Waals surface area contributed by atoms with Crippen molar-refractivity contribution in [2.45, 2.75) is 32.6 Å². The summed E-state index contributed by atoms with van der Waals surface area (Å²) in [6, 6.07) is 5.83. The first-order chi connectivity index (χ1) is 7.46. The minimum absolute atomic E-state index is 0.0650. The van der Waals surface area contributed by atoms with E-state index in [9.17, 15) is 4.79 Å². The van der Waals surface area contributed by atoms with E-state index >= 15 is 0 Å². The molecule has 1 unspecified atom stereocenters. The molecule has 0 bridgehead atoms. The average Bonchev–Trinajstić information content (AvgIpc) is 2.26. The molecule has 0 N–H and O–H groups in total. The van der Waals surface area contributed by atoms with Crippen molar-refractivity contribution in [2.24, 2.45) is 5.92 Å². The van der Waals surface area contributed by atoms with Crippen LogP contribution < -0.4 is 4.74 Å². The van der Waals surface area contributed by atoms with Gasteiger partial charge in [0, 0.05) is 12.0 Å². The summed E-state index contributed by atoms with van der Waals surface area (Å²) in [6.07, 6.45) is 0.632. The molecule has 1 atom stereocenters. The number of ether oxygens (including phenoxy) is 1. The lowest BCUT2D eigenvalue weighted by Crippen LogP contribution is -2.35. The Labute approximate surface area is 96.6 Å². The number of hydrogen-bond acceptors (Lipinski definition) is 2. The number of fused-ring (bicyclic) bond motifs is 1. The van der Waals surface area contributed by atoms with Crippen LogP contribution in [0.15, 0.2) is 18.2 Å². The zero-order valence-corrected chi connectivity index (χ0v) is 10.3. The lowest BCUT2D eigenvalue weighted by atomic mass is 9.66. The third kappa shape index (κ3) is 1.53. The van der Waals surface area contributed by atoms with E-state index in [-0.39, 0.29) is 11.2 Å². The van der Waals surface area contributed by atoms with Crippen LogP contribution in [-0.4, -0.2) is 12.9 Å². The van der Waals surface area contributed by atoms with E-state index in [0.29, 0.717) is 12.3 Å². The smallest absolute Gasteiger partial charge is 0.163 e. The van der Waals surface area contributed by atoms with Gasteiger partial charge in [0.05, 0.1) is 7.11 Å². The van der Waals surface area contributed by atoms with Crippen LogP contribution in [0, 0.1) is 5.92 Å². The fourth-order valence-electron chi connectivity index (χ4n) is 2.35. The number of methoxy groups -OCH3 is 1. The highest BCUT2D eigenvalue weighted by Crippen LogP contribution is 2.41. The Balaban J connectivity index is 2.59. The van der Waals surface area contributed by atoms with Crippen molar-refractivity contribution in [1.29, 1.82) is 0 Å². The summed E-state index contributed by atoms with van der Waals surface area (Å²) in [5.74, 6) is 1.39. The van der Waals surface area contributed by atoms with Crippen molar-refractivity contribution in [3.8, 4) is 5.75 Å². The van der Waals surface area contributed by atoms with Gasteiger partial charge in [0.2, 0.25) is 0 Å². The van der Waals surface area contributed by atoms with Crippen molar-refractivity contribution in [3.63, 3.8) is 0 Å². The first-order valence-corrected chi connectivity index (χ1v) is 5.68. The third-order valence-corrected chi connectivity index (χ3v) is 3.94. The Morgan fingerprint density at radius 1 is 1.38 bits per heavy atom. The van der Waals surface area contributed by atoms with Crippen LogP contribution in [0.2, 0.25) is 0 Å². The molecule has 0 saturated carbocycles. The van der Waals surface area contributed by atoms with E-state index in [0.717, 1.165) is 16.9 Å². The summed E-state index contributed by atoms with van der Waals surface area (Å²) in [5, 5.41) is 0. The van der Waals surface area contributed by atoms with Gasteiger partial charge < -0.3 is 4.74 Å². The minimum Gasteiger partial charge on any atom is -0.497 e. The van der Waals surface area contributed by atoms with E-state index in [2.05, 4.69) is 20.8 Å². The number of carbonyl (C=O) groups is 1. The van der Waals surface area contributed by atoms with Crippen molar-refractivity contribution in [2.75, 3.05) is 7.11 Å². The fraction of sp³-hybridized carbons (Fsp3) is 0.500. The molecule has 0 aliphatic heterocycles. The summed E-state index contributed by atoms with van der Waals surface area (Å²) < 4.78 is 5.17. The lowest BCUT2D eigenvalue weighted by Gasteiger charge is -2.37. The maximum atomic E-state index is 12.0. The maximum Gasteiger partial charge on any atom is 0.163 e. The van der Waals surface area contributed by atoms with Crippen LogP contribution in [0.4, 0.5) is 0 Å². The predicted molar refractivity (Wildman–Crippen MR) is 64.1 cm³/mol. The standard InChI is InChI=1S/C14H18O2/c1-9-7-13(15)11-8-10(16-4)5-6-12(11)14(9,2)3/h5-6,8-9H,7H2,1-4H3. The van der Waals surface area contributed by atoms with Gasteiger partial charge in [0.25, 0.3) is 0 Å². The van der Waals surface area contributed by atoms with Gasteiger partial charge in [0.1, 0.15) is 5.75 Å². The second kappa shape index (κ2) is 3.62. The number of hydrogen-bond donors (Lipinski definition) is 0. The average molecular weight is 218 g/mol. The van der Waals surface area contributed by atoms with E-state index in [1.54, 1.807) is 7.11 Å². The van der Waals surface area contributed by atoms with Crippen molar-refractivity contribution in [3.05, 3.63) is 29.3 Å². The molecule has 0 aromatic heterocycles. The lowest BCUT2D eigenvalue weighted by molar-refractivity contribution is 0.0920. The van der Waals surface area contributed by atoms with Gasteiger partial charge in [-0.3, -0.25) is 4.79 Å². The van der Waals surface area contributed by atoms with Crippen molar-refractivity contribution >= 4 is 5.78 Å². The molecule has 16 heavy (non-hydrogen) atoms. The summed E-state index contributed by atoms with van der Waals surface area (Å²) in [5.41, 5.74) is 2.05. The number of benzene rings is 1.